The van der Waals surface area contributed by atoms with Gasteiger partial charge in [-0.2, -0.15) is 0 Å². The van der Waals surface area contributed by atoms with E-state index in [1.807, 2.05) is 11.9 Å². The molecular weight excluding hydrogens is 263 g/mol. The molecule has 1 saturated heterocycles. The first-order valence-corrected chi connectivity index (χ1v) is 5.80. The van der Waals surface area contributed by atoms with Crippen LogP contribution in [0.15, 0.2) is 16.5 Å². The molecule has 1 fully saturated rings. The summed E-state index contributed by atoms with van der Waals surface area (Å²) >= 11 is 5.64. The topological polar surface area (TPSA) is 45.5 Å². The molecule has 6 heteroatoms. The van der Waals surface area contributed by atoms with E-state index < -0.39 is 0 Å². The average molecular weight is 279 g/mol. The molecule has 0 saturated carbocycles. The summed E-state index contributed by atoms with van der Waals surface area (Å²) in [7, 11) is 1.95. The molecule has 0 atom stereocenters. The summed E-state index contributed by atoms with van der Waals surface area (Å²) in [6.07, 6.45) is 1.97. The number of likely N-dealkylation sites (tertiary alicyclic amines) is 1. The molecule has 0 unspecified atom stereocenters. The zero-order valence-electron chi connectivity index (χ0n) is 9.61. The number of amides is 1. The van der Waals surface area contributed by atoms with Gasteiger partial charge in [0.2, 0.25) is 0 Å². The smallest absolute Gasteiger partial charge is 0.289 e. The van der Waals surface area contributed by atoms with Crippen molar-refractivity contribution in [1.82, 2.24) is 10.2 Å². The van der Waals surface area contributed by atoms with Crippen molar-refractivity contribution in [3.63, 3.8) is 0 Å². The predicted molar refractivity (Wildman–Crippen MR) is 69.0 cm³/mol. The van der Waals surface area contributed by atoms with Crippen molar-refractivity contribution in [3.05, 3.63) is 23.1 Å². The second-order valence-corrected chi connectivity index (χ2v) is 4.33. The Bertz CT molecular complexity index is 373. The fourth-order valence-electron chi connectivity index (χ4n) is 1.96. The number of rotatable bonds is 2. The Morgan fingerprint density at radius 1 is 1.47 bits per heavy atom. The third kappa shape index (κ3) is 3.37. The molecule has 1 aliphatic heterocycles. The lowest BCUT2D eigenvalue weighted by molar-refractivity contribution is 0.0675. The van der Waals surface area contributed by atoms with Crippen molar-refractivity contribution in [1.29, 1.82) is 0 Å². The number of hydrogen-bond donors (Lipinski definition) is 1. The van der Waals surface area contributed by atoms with Gasteiger partial charge in [-0.15, -0.1) is 12.4 Å². The molecule has 1 aromatic rings. The summed E-state index contributed by atoms with van der Waals surface area (Å²) in [5.41, 5.74) is 0. The lowest BCUT2D eigenvalue weighted by atomic mass is 10.1. The summed E-state index contributed by atoms with van der Waals surface area (Å²) in [5.74, 6) is 0.259. The summed E-state index contributed by atoms with van der Waals surface area (Å²) in [6, 6.07) is 3.73. The van der Waals surface area contributed by atoms with Crippen LogP contribution in [-0.4, -0.2) is 37.0 Å². The lowest BCUT2D eigenvalue weighted by Gasteiger charge is -2.31. The standard InChI is InChI=1S/C11H15ClN2O2.ClH/c1-13-8-4-6-14(7-5-8)11(15)9-2-3-10(12)16-9;/h2-3,8,13H,4-7H2,1H3;1H. The van der Waals surface area contributed by atoms with Crippen LogP contribution in [0.1, 0.15) is 23.4 Å². The number of carbonyl (C=O) groups is 1. The summed E-state index contributed by atoms with van der Waals surface area (Å²) in [6.45, 7) is 1.53. The molecule has 4 nitrogen and oxygen atoms in total. The number of nitrogens with zero attached hydrogens (tertiary/aromatic N) is 1. The monoisotopic (exact) mass is 278 g/mol. The Morgan fingerprint density at radius 3 is 2.59 bits per heavy atom. The second kappa shape index (κ2) is 6.28. The van der Waals surface area contributed by atoms with Gasteiger partial charge in [0.1, 0.15) is 0 Å². The molecular formula is C11H16Cl2N2O2. The number of nitrogens with one attached hydrogen (secondary N) is 1. The summed E-state index contributed by atoms with van der Waals surface area (Å²) < 4.78 is 5.11. The molecule has 1 aromatic heterocycles. The fourth-order valence-corrected chi connectivity index (χ4v) is 2.10. The van der Waals surface area contributed by atoms with Gasteiger partial charge in [-0.25, -0.2) is 0 Å². The van der Waals surface area contributed by atoms with E-state index in [-0.39, 0.29) is 23.5 Å². The molecule has 17 heavy (non-hydrogen) atoms. The highest BCUT2D eigenvalue weighted by atomic mass is 35.5. The number of piperidine rings is 1. The average Bonchev–Trinajstić information content (AvgIpc) is 2.75. The maximum Gasteiger partial charge on any atom is 0.289 e. The number of hydrogen-bond acceptors (Lipinski definition) is 3. The van der Waals surface area contributed by atoms with Gasteiger partial charge in [-0.05, 0) is 43.6 Å². The molecule has 0 aromatic carbocycles. The van der Waals surface area contributed by atoms with E-state index >= 15 is 0 Å². The molecule has 0 bridgehead atoms. The molecule has 96 valence electrons. The first kappa shape index (κ1) is 14.4. The Balaban J connectivity index is 0.00000144. The minimum absolute atomic E-state index is 0. The van der Waals surface area contributed by atoms with Crippen LogP contribution in [0.25, 0.3) is 0 Å². The molecule has 2 heterocycles. The number of furan rings is 1. The quantitative estimate of drug-likeness (QED) is 0.902. The highest BCUT2D eigenvalue weighted by Crippen LogP contribution is 2.17. The van der Waals surface area contributed by atoms with E-state index in [1.54, 1.807) is 12.1 Å². The van der Waals surface area contributed by atoms with E-state index in [4.69, 9.17) is 16.0 Å². The van der Waals surface area contributed by atoms with Crippen molar-refractivity contribution in [2.75, 3.05) is 20.1 Å². The van der Waals surface area contributed by atoms with E-state index in [1.165, 1.54) is 0 Å². The Kier molecular flexibility index (Phi) is 5.31. The lowest BCUT2D eigenvalue weighted by Crippen LogP contribution is -2.43. The summed E-state index contributed by atoms with van der Waals surface area (Å²) in [5, 5.41) is 3.48. The van der Waals surface area contributed by atoms with Gasteiger partial charge in [0.05, 0.1) is 0 Å². The molecule has 1 amide bonds. The highest BCUT2D eigenvalue weighted by molar-refractivity contribution is 6.29. The first-order valence-electron chi connectivity index (χ1n) is 5.42. The molecule has 2 rings (SSSR count). The predicted octanol–water partition coefficient (Wildman–Crippen LogP) is 2.18. The third-order valence-electron chi connectivity index (χ3n) is 2.97. The van der Waals surface area contributed by atoms with Crippen LogP contribution >= 0.6 is 24.0 Å². The van der Waals surface area contributed by atoms with Crippen LogP contribution in [0, 0.1) is 0 Å². The van der Waals surface area contributed by atoms with Gasteiger partial charge in [0.15, 0.2) is 11.0 Å². The second-order valence-electron chi connectivity index (χ2n) is 3.96. The van der Waals surface area contributed by atoms with Gasteiger partial charge < -0.3 is 14.6 Å². The van der Waals surface area contributed by atoms with Gasteiger partial charge in [0, 0.05) is 19.1 Å². The Labute approximate surface area is 112 Å². The minimum Gasteiger partial charge on any atom is -0.440 e. The zero-order chi connectivity index (χ0) is 11.5. The van der Waals surface area contributed by atoms with Crippen molar-refractivity contribution >= 4 is 29.9 Å². The van der Waals surface area contributed by atoms with E-state index in [2.05, 4.69) is 5.32 Å². The van der Waals surface area contributed by atoms with Crippen LogP contribution in [-0.2, 0) is 0 Å². The normalized spacial score (nSPS) is 16.7. The SMILES string of the molecule is CNC1CCN(C(=O)c2ccc(Cl)o2)CC1.Cl. The van der Waals surface area contributed by atoms with E-state index in [9.17, 15) is 4.79 Å². The van der Waals surface area contributed by atoms with Crippen LogP contribution in [0.4, 0.5) is 0 Å². The highest BCUT2D eigenvalue weighted by Gasteiger charge is 2.24. The van der Waals surface area contributed by atoms with Crippen molar-refractivity contribution in [2.24, 2.45) is 0 Å². The molecule has 0 radical (unpaired) electrons. The van der Waals surface area contributed by atoms with E-state index in [0.29, 0.717) is 11.8 Å². The van der Waals surface area contributed by atoms with Crippen LogP contribution in [0.2, 0.25) is 5.22 Å². The summed E-state index contributed by atoms with van der Waals surface area (Å²) in [4.78, 5) is 13.8. The maximum atomic E-state index is 12.0. The first-order chi connectivity index (χ1) is 7.70. The number of carbonyl (C=O) groups excluding carboxylic acids is 1. The third-order valence-corrected chi connectivity index (χ3v) is 3.18. The molecule has 1 N–H and O–H groups in total. The van der Waals surface area contributed by atoms with Crippen LogP contribution in [0.5, 0.6) is 0 Å². The fraction of sp³-hybridized carbons (Fsp3) is 0.545. The van der Waals surface area contributed by atoms with Gasteiger partial charge in [-0.1, -0.05) is 0 Å². The van der Waals surface area contributed by atoms with Crippen LogP contribution in [0.3, 0.4) is 0 Å². The van der Waals surface area contributed by atoms with Gasteiger partial charge in [-0.3, -0.25) is 4.79 Å². The van der Waals surface area contributed by atoms with Crippen molar-refractivity contribution in [2.45, 2.75) is 18.9 Å². The molecule has 0 spiro atoms. The molecule has 1 aliphatic rings. The number of halogens is 2. The minimum atomic E-state index is -0.0681. The van der Waals surface area contributed by atoms with E-state index in [0.717, 1.165) is 25.9 Å². The Hall–Kier alpha value is -0.710. The molecule has 0 aliphatic carbocycles. The van der Waals surface area contributed by atoms with Gasteiger partial charge in [0.25, 0.3) is 5.91 Å². The Morgan fingerprint density at radius 2 is 2.12 bits per heavy atom. The zero-order valence-corrected chi connectivity index (χ0v) is 11.2. The van der Waals surface area contributed by atoms with Gasteiger partial charge >= 0.3 is 0 Å². The van der Waals surface area contributed by atoms with Crippen molar-refractivity contribution < 1.29 is 9.21 Å². The largest absolute Gasteiger partial charge is 0.440 e. The van der Waals surface area contributed by atoms with Crippen molar-refractivity contribution in [3.8, 4) is 0 Å². The maximum absolute atomic E-state index is 12.0. The van der Waals surface area contributed by atoms with Crippen LogP contribution < -0.4 is 5.32 Å².